The number of aryl methyl sites for hydroxylation is 2. The zero-order chi connectivity index (χ0) is 14.3. The van der Waals surface area contributed by atoms with Crippen molar-refractivity contribution in [2.24, 2.45) is 13.0 Å². The molecule has 1 saturated heterocycles. The summed E-state index contributed by atoms with van der Waals surface area (Å²) in [7, 11) is 1.92. The van der Waals surface area contributed by atoms with Gasteiger partial charge in [0.1, 0.15) is 5.82 Å². The van der Waals surface area contributed by atoms with Gasteiger partial charge in [-0.3, -0.25) is 4.68 Å². The summed E-state index contributed by atoms with van der Waals surface area (Å²) in [6.45, 7) is 6.34. The number of piperidine rings is 1. The number of aromatic nitrogens is 3. The Morgan fingerprint density at radius 2 is 2.05 bits per heavy atom. The highest BCUT2D eigenvalue weighted by Crippen LogP contribution is 2.28. The maximum absolute atomic E-state index is 9.66. The molecule has 1 aliphatic rings. The first-order valence-corrected chi connectivity index (χ1v) is 7.29. The predicted molar refractivity (Wildman–Crippen MR) is 79.8 cm³/mol. The SMILES string of the molecule is Cc1nn(C)c2nc(N3CCC(C)CC3)c(CO)cc12. The number of pyridine rings is 1. The third-order valence-electron chi connectivity index (χ3n) is 4.31. The van der Waals surface area contributed by atoms with Crippen LogP contribution in [0.3, 0.4) is 0 Å². The number of hydrogen-bond acceptors (Lipinski definition) is 4. The number of aliphatic hydroxyl groups is 1. The molecule has 1 aliphatic heterocycles. The summed E-state index contributed by atoms with van der Waals surface area (Å²) in [5.41, 5.74) is 2.76. The molecule has 1 N–H and O–H groups in total. The molecule has 0 aromatic carbocycles. The van der Waals surface area contributed by atoms with Crippen LogP contribution >= 0.6 is 0 Å². The smallest absolute Gasteiger partial charge is 0.160 e. The predicted octanol–water partition coefficient (Wildman–Crippen LogP) is 2.01. The van der Waals surface area contributed by atoms with E-state index < -0.39 is 0 Å². The van der Waals surface area contributed by atoms with Gasteiger partial charge in [-0.25, -0.2) is 4.98 Å². The maximum atomic E-state index is 9.66. The molecule has 2 aromatic rings. The van der Waals surface area contributed by atoms with Crippen LogP contribution in [0.25, 0.3) is 11.0 Å². The molecule has 0 radical (unpaired) electrons. The number of fused-ring (bicyclic) bond motifs is 1. The Hall–Kier alpha value is -1.62. The van der Waals surface area contributed by atoms with E-state index in [-0.39, 0.29) is 6.61 Å². The lowest BCUT2D eigenvalue weighted by atomic mass is 9.99. The van der Waals surface area contributed by atoms with Gasteiger partial charge >= 0.3 is 0 Å². The highest BCUT2D eigenvalue weighted by atomic mass is 16.3. The molecule has 3 heterocycles. The van der Waals surface area contributed by atoms with Crippen LogP contribution in [0.4, 0.5) is 5.82 Å². The fraction of sp³-hybridized carbons (Fsp3) is 0.600. The summed E-state index contributed by atoms with van der Waals surface area (Å²) in [6, 6.07) is 2.04. The highest BCUT2D eigenvalue weighted by molar-refractivity contribution is 5.81. The van der Waals surface area contributed by atoms with Gasteiger partial charge in [0.05, 0.1) is 12.3 Å². The second-order valence-corrected chi connectivity index (χ2v) is 5.88. The van der Waals surface area contributed by atoms with Crippen LogP contribution in [-0.2, 0) is 13.7 Å². The van der Waals surface area contributed by atoms with Crippen molar-refractivity contribution in [2.45, 2.75) is 33.3 Å². The van der Waals surface area contributed by atoms with Gasteiger partial charge in [-0.2, -0.15) is 5.10 Å². The molecule has 1 fully saturated rings. The summed E-state index contributed by atoms with van der Waals surface area (Å²) < 4.78 is 1.82. The Morgan fingerprint density at radius 3 is 2.70 bits per heavy atom. The van der Waals surface area contributed by atoms with Crippen molar-refractivity contribution in [1.29, 1.82) is 0 Å². The van der Waals surface area contributed by atoms with Crippen LogP contribution in [0.2, 0.25) is 0 Å². The number of aliphatic hydroxyl groups excluding tert-OH is 1. The van der Waals surface area contributed by atoms with Gasteiger partial charge in [0.25, 0.3) is 0 Å². The topological polar surface area (TPSA) is 54.2 Å². The zero-order valence-corrected chi connectivity index (χ0v) is 12.4. The molecule has 0 spiro atoms. The first-order valence-electron chi connectivity index (χ1n) is 7.29. The summed E-state index contributed by atoms with van der Waals surface area (Å²) in [6.07, 6.45) is 2.38. The molecule has 0 bridgehead atoms. The highest BCUT2D eigenvalue weighted by Gasteiger charge is 2.21. The molecule has 2 aromatic heterocycles. The fourth-order valence-corrected chi connectivity index (χ4v) is 2.99. The first-order chi connectivity index (χ1) is 9.60. The summed E-state index contributed by atoms with van der Waals surface area (Å²) in [4.78, 5) is 7.08. The lowest BCUT2D eigenvalue weighted by molar-refractivity contribution is 0.281. The quantitative estimate of drug-likeness (QED) is 0.910. The lowest BCUT2D eigenvalue weighted by Crippen LogP contribution is -2.34. The van der Waals surface area contributed by atoms with Crippen molar-refractivity contribution in [3.63, 3.8) is 0 Å². The minimum absolute atomic E-state index is 0.0264. The number of rotatable bonds is 2. The Bertz CT molecular complexity index is 626. The molecule has 3 rings (SSSR count). The van der Waals surface area contributed by atoms with Gasteiger partial charge in [0, 0.05) is 31.1 Å². The van der Waals surface area contributed by atoms with Gasteiger partial charge in [0.15, 0.2) is 5.65 Å². The Morgan fingerprint density at radius 1 is 1.35 bits per heavy atom. The van der Waals surface area contributed by atoms with E-state index in [2.05, 4.69) is 16.9 Å². The Kier molecular flexibility index (Phi) is 3.38. The maximum Gasteiger partial charge on any atom is 0.160 e. The van der Waals surface area contributed by atoms with Gasteiger partial charge < -0.3 is 10.0 Å². The molecule has 20 heavy (non-hydrogen) atoms. The van der Waals surface area contributed by atoms with E-state index in [0.29, 0.717) is 0 Å². The van der Waals surface area contributed by atoms with Crippen LogP contribution in [0.15, 0.2) is 6.07 Å². The molecule has 5 nitrogen and oxygen atoms in total. The van der Waals surface area contributed by atoms with Gasteiger partial charge in [-0.15, -0.1) is 0 Å². The number of anilines is 1. The van der Waals surface area contributed by atoms with Crippen molar-refractivity contribution in [2.75, 3.05) is 18.0 Å². The summed E-state index contributed by atoms with van der Waals surface area (Å²) in [5.74, 6) is 1.71. The molecule has 0 aliphatic carbocycles. The van der Waals surface area contributed by atoms with Crippen LogP contribution in [0, 0.1) is 12.8 Å². The molecule has 108 valence electrons. The second kappa shape index (κ2) is 5.05. The molecule has 0 amide bonds. The lowest BCUT2D eigenvalue weighted by Gasteiger charge is -2.32. The third-order valence-corrected chi connectivity index (χ3v) is 4.31. The van der Waals surface area contributed by atoms with Crippen molar-refractivity contribution in [1.82, 2.24) is 14.8 Å². The number of nitrogens with zero attached hydrogens (tertiary/aromatic N) is 4. The standard InChI is InChI=1S/C15H22N4O/c1-10-4-6-19(7-5-10)14-12(9-20)8-13-11(2)17-18(3)15(13)16-14/h8,10,20H,4-7,9H2,1-3H3. The zero-order valence-electron chi connectivity index (χ0n) is 12.4. The van der Waals surface area contributed by atoms with E-state index in [1.54, 1.807) is 0 Å². The molecular weight excluding hydrogens is 252 g/mol. The van der Waals surface area contributed by atoms with E-state index >= 15 is 0 Å². The van der Waals surface area contributed by atoms with Crippen LogP contribution in [-0.4, -0.2) is 33.0 Å². The average Bonchev–Trinajstić information content (AvgIpc) is 2.73. The van der Waals surface area contributed by atoms with E-state index in [0.717, 1.165) is 47.1 Å². The van der Waals surface area contributed by atoms with Gasteiger partial charge in [-0.05, 0) is 31.7 Å². The van der Waals surface area contributed by atoms with Crippen LogP contribution in [0.5, 0.6) is 0 Å². The molecular formula is C15H22N4O. The van der Waals surface area contributed by atoms with Crippen LogP contribution in [0.1, 0.15) is 31.0 Å². The third kappa shape index (κ3) is 2.16. The van der Waals surface area contributed by atoms with Crippen molar-refractivity contribution < 1.29 is 5.11 Å². The van der Waals surface area contributed by atoms with E-state index in [1.165, 1.54) is 12.8 Å². The monoisotopic (exact) mass is 274 g/mol. The summed E-state index contributed by atoms with van der Waals surface area (Å²) in [5, 5.41) is 15.1. The molecule has 0 atom stereocenters. The Balaban J connectivity index is 2.07. The fourth-order valence-electron chi connectivity index (χ4n) is 2.99. The van der Waals surface area contributed by atoms with Crippen molar-refractivity contribution in [3.05, 3.63) is 17.3 Å². The average molecular weight is 274 g/mol. The summed E-state index contributed by atoms with van der Waals surface area (Å²) >= 11 is 0. The molecule has 0 saturated carbocycles. The Labute approximate surface area is 119 Å². The van der Waals surface area contributed by atoms with Crippen molar-refractivity contribution in [3.8, 4) is 0 Å². The minimum atomic E-state index is 0.0264. The second-order valence-electron chi connectivity index (χ2n) is 5.88. The van der Waals surface area contributed by atoms with E-state index in [1.807, 2.05) is 24.7 Å². The van der Waals surface area contributed by atoms with Crippen molar-refractivity contribution >= 4 is 16.9 Å². The largest absolute Gasteiger partial charge is 0.392 e. The molecule has 0 unspecified atom stereocenters. The van der Waals surface area contributed by atoms with Gasteiger partial charge in [-0.1, -0.05) is 6.92 Å². The van der Waals surface area contributed by atoms with Crippen LogP contribution < -0.4 is 4.90 Å². The normalized spacial score (nSPS) is 17.1. The minimum Gasteiger partial charge on any atom is -0.392 e. The first kappa shape index (κ1) is 13.4. The number of hydrogen-bond donors (Lipinski definition) is 1. The van der Waals surface area contributed by atoms with E-state index in [9.17, 15) is 5.11 Å². The molecule has 5 heteroatoms. The van der Waals surface area contributed by atoms with Gasteiger partial charge in [0.2, 0.25) is 0 Å². The van der Waals surface area contributed by atoms with E-state index in [4.69, 9.17) is 4.98 Å².